The number of halogens is 2. The van der Waals surface area contributed by atoms with Crippen LogP contribution in [0.5, 0.6) is 0 Å². The van der Waals surface area contributed by atoms with E-state index < -0.39 is 67.4 Å². The lowest BCUT2D eigenvalue weighted by Crippen LogP contribution is -2.47. The Kier molecular flexibility index (Phi) is 17.9. The van der Waals surface area contributed by atoms with Crippen molar-refractivity contribution >= 4 is 41.8 Å². The second kappa shape index (κ2) is 22.2. The van der Waals surface area contributed by atoms with E-state index in [1.54, 1.807) is 0 Å². The molecule has 0 aliphatic carbocycles. The summed E-state index contributed by atoms with van der Waals surface area (Å²) < 4.78 is 37.5. The lowest BCUT2D eigenvalue weighted by Gasteiger charge is -2.30. The molecule has 0 aromatic carbocycles. The highest BCUT2D eigenvalue weighted by Gasteiger charge is 2.40. The molecule has 1 atom stereocenters. The summed E-state index contributed by atoms with van der Waals surface area (Å²) in [5, 5.41) is 36.3. The minimum Gasteiger partial charge on any atom is -0.480 e. The van der Waals surface area contributed by atoms with Crippen LogP contribution in [0.15, 0.2) is 18.3 Å². The third-order valence-corrected chi connectivity index (χ3v) is 8.75. The van der Waals surface area contributed by atoms with Crippen molar-refractivity contribution in [2.75, 3.05) is 91.9 Å². The van der Waals surface area contributed by atoms with Gasteiger partial charge in [-0.3, -0.25) is 33.9 Å². The Labute approximate surface area is 315 Å². The number of aromatic nitrogens is 1. The van der Waals surface area contributed by atoms with E-state index in [4.69, 9.17) is 9.47 Å². The molecule has 0 saturated carbocycles. The van der Waals surface area contributed by atoms with Crippen LogP contribution in [-0.2, 0) is 35.2 Å². The zero-order chi connectivity index (χ0) is 40.4. The van der Waals surface area contributed by atoms with E-state index in [-0.39, 0.29) is 116 Å². The molecule has 2 aliphatic rings. The van der Waals surface area contributed by atoms with Crippen LogP contribution in [0.3, 0.4) is 0 Å². The van der Waals surface area contributed by atoms with Gasteiger partial charge in [-0.2, -0.15) is 0 Å². The Balaban J connectivity index is 1.24. The second-order valence-corrected chi connectivity index (χ2v) is 12.7. The number of hydrogen-bond acceptors (Lipinski definition) is 11. The van der Waals surface area contributed by atoms with Crippen LogP contribution in [-0.4, -0.2) is 186 Å². The van der Waals surface area contributed by atoms with E-state index in [0.29, 0.717) is 5.69 Å². The number of carbonyl (C=O) groups excluding carboxylic acids is 4. The molecule has 0 bridgehead atoms. The number of carboxylic acids is 1. The van der Waals surface area contributed by atoms with Gasteiger partial charge in [0.05, 0.1) is 51.8 Å². The number of nitrogens with one attached hydrogen (secondary N) is 3. The number of likely N-dealkylation sites (tertiary alicyclic amines) is 1. The van der Waals surface area contributed by atoms with Gasteiger partial charge in [0.15, 0.2) is 0 Å². The van der Waals surface area contributed by atoms with Crippen molar-refractivity contribution in [3.8, 4) is 0 Å². The van der Waals surface area contributed by atoms with Crippen LogP contribution in [0.2, 0.25) is 0 Å². The fraction of sp³-hybridized carbons (Fsp3) is 0.636. The van der Waals surface area contributed by atoms with E-state index >= 15 is 0 Å². The molecule has 2 fully saturated rings. The Morgan fingerprint density at radius 2 is 1.40 bits per heavy atom. The number of pyridine rings is 1. The van der Waals surface area contributed by atoms with Gasteiger partial charge in [0.2, 0.25) is 17.7 Å². The first-order chi connectivity index (χ1) is 26.1. The first-order valence-corrected chi connectivity index (χ1v) is 17.7. The number of nitrogens with zero attached hydrogens (tertiary/aromatic N) is 5. The maximum absolute atomic E-state index is 13.3. The molecule has 1 aromatic heterocycles. The van der Waals surface area contributed by atoms with Gasteiger partial charge in [0.1, 0.15) is 6.04 Å². The average Bonchev–Trinajstić information content (AvgIpc) is 3.56. The summed E-state index contributed by atoms with van der Waals surface area (Å²) >= 11 is 0. The molecule has 6 N–H and O–H groups in total. The van der Waals surface area contributed by atoms with Gasteiger partial charge < -0.3 is 55.4 Å². The molecule has 3 heterocycles. The summed E-state index contributed by atoms with van der Waals surface area (Å²) in [5.74, 6) is -6.12. The summed E-state index contributed by atoms with van der Waals surface area (Å²) in [6, 6.07) is 1.71. The van der Waals surface area contributed by atoms with Crippen LogP contribution < -0.4 is 16.0 Å². The molecular weight excluding hydrogens is 738 g/mol. The topological polar surface area (TPSA) is 261 Å². The molecule has 0 spiro atoms. The van der Waals surface area contributed by atoms with Crippen molar-refractivity contribution in [3.05, 3.63) is 29.6 Å². The number of amides is 6. The Morgan fingerprint density at radius 3 is 2.00 bits per heavy atom. The minimum absolute atomic E-state index is 0.0167. The van der Waals surface area contributed by atoms with Gasteiger partial charge in [-0.15, -0.1) is 0 Å². The minimum atomic E-state index is -2.93. The van der Waals surface area contributed by atoms with Crippen LogP contribution >= 0.6 is 0 Å². The fourth-order valence-corrected chi connectivity index (χ4v) is 5.65. The monoisotopic (exact) mass is 786 g/mol. The zero-order valence-electron chi connectivity index (χ0n) is 30.3. The number of carboxylic acid groups (broad SMARTS) is 3. The molecule has 55 heavy (non-hydrogen) atoms. The van der Waals surface area contributed by atoms with Crippen molar-refractivity contribution in [2.24, 2.45) is 0 Å². The normalized spacial score (nSPS) is 16.7. The van der Waals surface area contributed by atoms with E-state index in [9.17, 15) is 57.7 Å². The Bertz CT molecular complexity index is 1480. The molecule has 3 rings (SSSR count). The fourth-order valence-electron chi connectivity index (χ4n) is 5.65. The van der Waals surface area contributed by atoms with Gasteiger partial charge in [-0.25, -0.2) is 18.4 Å². The van der Waals surface area contributed by atoms with E-state index in [2.05, 4.69) is 20.9 Å². The third-order valence-electron chi connectivity index (χ3n) is 8.75. The molecule has 1 unspecified atom stereocenters. The predicted octanol–water partition coefficient (Wildman–Crippen LogP) is -0.656. The van der Waals surface area contributed by atoms with Crippen molar-refractivity contribution < 1.29 is 67.1 Å². The summed E-state index contributed by atoms with van der Waals surface area (Å²) in [4.78, 5) is 92.9. The lowest BCUT2D eigenvalue weighted by atomic mass is 10.1. The zero-order valence-corrected chi connectivity index (χ0v) is 30.3. The number of carbonyl (C=O) groups is 7. The number of rotatable bonds is 19. The van der Waals surface area contributed by atoms with Gasteiger partial charge in [0.25, 0.3) is 11.8 Å². The quantitative estimate of drug-likeness (QED) is 0.0953. The van der Waals surface area contributed by atoms with Gasteiger partial charge in [0, 0.05) is 83.4 Å². The van der Waals surface area contributed by atoms with Crippen LogP contribution in [0, 0.1) is 0 Å². The second-order valence-electron chi connectivity index (χ2n) is 12.7. The smallest absolute Gasteiger partial charge is 0.407 e. The third kappa shape index (κ3) is 16.0. The number of ether oxygens (including phenoxy) is 2. The summed E-state index contributed by atoms with van der Waals surface area (Å²) in [6.45, 7) is -0.507. The Morgan fingerprint density at radius 1 is 0.782 bits per heavy atom. The highest BCUT2D eigenvalue weighted by atomic mass is 19.3. The van der Waals surface area contributed by atoms with Crippen LogP contribution in [0.4, 0.5) is 18.4 Å². The molecule has 306 valence electrons. The van der Waals surface area contributed by atoms with Crippen molar-refractivity contribution in [3.63, 3.8) is 0 Å². The molecule has 1 aromatic rings. The standard InChI is InChI=1S/C33H48F2N8O12/c34-33(35)5-8-43(22-33)28(46)21-39-29(47)23-3-6-36-24(19-23)20-38-27(45)4-15-54-17-18-55-16-7-37-26(44)2-1-25(30(48)49)40-9-11-41(31(50)51)13-14-42(12-10-40)32(52)53/h3,6,19,25H,1-2,4-5,7-18,20-22H2,(H,37,44)(H,38,45)(H,39,47)(H,48,49)(H,50,51)(H,52,53). The van der Waals surface area contributed by atoms with Gasteiger partial charge in [-0.1, -0.05) is 0 Å². The first kappa shape index (κ1) is 44.2. The highest BCUT2D eigenvalue weighted by Crippen LogP contribution is 2.26. The van der Waals surface area contributed by atoms with Crippen molar-refractivity contribution in [2.45, 2.75) is 44.2 Å². The summed E-state index contributed by atoms with van der Waals surface area (Å²) in [7, 11) is 0. The molecule has 2 saturated heterocycles. The van der Waals surface area contributed by atoms with Crippen molar-refractivity contribution in [1.29, 1.82) is 0 Å². The Hall–Kier alpha value is -5.22. The number of aliphatic carboxylic acids is 1. The summed E-state index contributed by atoms with van der Waals surface area (Å²) in [5.41, 5.74) is 0.553. The van der Waals surface area contributed by atoms with Crippen molar-refractivity contribution in [1.82, 2.24) is 40.5 Å². The molecule has 20 nitrogen and oxygen atoms in total. The highest BCUT2D eigenvalue weighted by molar-refractivity contribution is 5.96. The van der Waals surface area contributed by atoms with Crippen LogP contribution in [0.1, 0.15) is 41.7 Å². The number of alkyl halides is 2. The molecule has 6 amide bonds. The molecule has 0 radical (unpaired) electrons. The molecule has 2 aliphatic heterocycles. The SMILES string of the molecule is O=C(CCC(C(=O)O)N1CCN(C(=O)O)CCN(C(=O)O)CC1)NCCOCCOCCC(=O)NCc1cc(C(=O)NCC(=O)N2CCC(F)(F)C2)ccn1. The maximum Gasteiger partial charge on any atom is 0.407 e. The number of hydrogen-bond donors (Lipinski definition) is 6. The summed E-state index contributed by atoms with van der Waals surface area (Å²) in [6.07, 6.45) is -1.75. The predicted molar refractivity (Wildman–Crippen MR) is 185 cm³/mol. The van der Waals surface area contributed by atoms with Crippen LogP contribution in [0.25, 0.3) is 0 Å². The lowest BCUT2D eigenvalue weighted by molar-refractivity contribution is -0.144. The first-order valence-electron chi connectivity index (χ1n) is 17.7. The largest absolute Gasteiger partial charge is 0.480 e. The van der Waals surface area contributed by atoms with E-state index in [1.807, 2.05) is 0 Å². The van der Waals surface area contributed by atoms with E-state index in [0.717, 1.165) is 14.7 Å². The average molecular weight is 787 g/mol. The molecule has 22 heteroatoms. The van der Waals surface area contributed by atoms with Gasteiger partial charge in [-0.05, 0) is 18.6 Å². The van der Waals surface area contributed by atoms with Gasteiger partial charge >= 0.3 is 18.2 Å². The molecular formula is C33H48F2N8O12. The maximum atomic E-state index is 13.3. The van der Waals surface area contributed by atoms with E-state index in [1.165, 1.54) is 23.2 Å².